The zero-order valence-corrected chi connectivity index (χ0v) is 28.2. The van der Waals surface area contributed by atoms with E-state index in [1.807, 2.05) is 33.0 Å². The van der Waals surface area contributed by atoms with E-state index in [1.54, 1.807) is 6.92 Å². The minimum absolute atomic E-state index is 0.0352. The number of hydrogen-bond donors (Lipinski definition) is 1. The van der Waals surface area contributed by atoms with Crippen LogP contribution in [0.5, 0.6) is 0 Å². The van der Waals surface area contributed by atoms with Crippen molar-refractivity contribution in [3.63, 3.8) is 0 Å². The quantitative estimate of drug-likeness (QED) is 0.300. The summed E-state index contributed by atoms with van der Waals surface area (Å²) in [5.74, 6) is 0.439. The fourth-order valence-corrected chi connectivity index (χ4v) is 7.69. The molecule has 2 aromatic carbocycles. The molecular formula is C39H46N6O3. The fourth-order valence-electron chi connectivity index (χ4n) is 7.69. The van der Waals surface area contributed by atoms with Crippen molar-refractivity contribution in [2.45, 2.75) is 52.0 Å². The van der Waals surface area contributed by atoms with Crippen LogP contribution < -0.4 is 0 Å². The molecule has 7 rings (SSSR count). The Morgan fingerprint density at radius 1 is 0.729 bits per heavy atom. The maximum atomic E-state index is 14.1. The lowest BCUT2D eigenvalue weighted by molar-refractivity contribution is -0.141. The number of piperazine rings is 1. The number of nitrogens with one attached hydrogen (secondary N) is 1. The minimum Gasteiger partial charge on any atom is -0.361 e. The van der Waals surface area contributed by atoms with Crippen LogP contribution in [0.4, 0.5) is 0 Å². The number of rotatable bonds is 6. The van der Waals surface area contributed by atoms with E-state index in [0.29, 0.717) is 37.8 Å². The highest BCUT2D eigenvalue weighted by Crippen LogP contribution is 2.29. The summed E-state index contributed by atoms with van der Waals surface area (Å²) in [5, 5.41) is 1.14. The number of aromatic amines is 1. The lowest BCUT2D eigenvalue weighted by Crippen LogP contribution is -2.55. The third kappa shape index (κ3) is 6.74. The molecule has 0 radical (unpaired) electrons. The molecule has 0 aliphatic carbocycles. The number of fused-ring (bicyclic) bond motifs is 1. The van der Waals surface area contributed by atoms with Gasteiger partial charge >= 0.3 is 0 Å². The third-order valence-electron chi connectivity index (χ3n) is 10.8. The van der Waals surface area contributed by atoms with E-state index in [9.17, 15) is 14.4 Å². The van der Waals surface area contributed by atoms with Gasteiger partial charge in [-0.15, -0.1) is 0 Å². The van der Waals surface area contributed by atoms with Gasteiger partial charge in [-0.25, -0.2) is 4.98 Å². The van der Waals surface area contributed by atoms with Crippen molar-refractivity contribution in [2.75, 3.05) is 52.4 Å². The van der Waals surface area contributed by atoms with E-state index in [1.165, 1.54) is 5.56 Å². The van der Waals surface area contributed by atoms with Crippen LogP contribution in [0.25, 0.3) is 33.4 Å². The number of carbonyl (C=O) groups is 3. The van der Waals surface area contributed by atoms with Crippen LogP contribution in [-0.2, 0) is 16.0 Å². The van der Waals surface area contributed by atoms with Crippen LogP contribution in [0.3, 0.4) is 0 Å². The summed E-state index contributed by atoms with van der Waals surface area (Å²) < 4.78 is 0. The van der Waals surface area contributed by atoms with Crippen LogP contribution in [-0.4, -0.2) is 106 Å². The number of H-pyrrole nitrogens is 1. The van der Waals surface area contributed by atoms with E-state index in [0.717, 1.165) is 91.7 Å². The highest BCUT2D eigenvalue weighted by atomic mass is 16.2. The first-order chi connectivity index (χ1) is 23.4. The van der Waals surface area contributed by atoms with Crippen molar-refractivity contribution in [3.8, 4) is 22.5 Å². The van der Waals surface area contributed by atoms with Crippen molar-refractivity contribution in [1.29, 1.82) is 0 Å². The maximum absolute atomic E-state index is 14.1. The van der Waals surface area contributed by atoms with E-state index in [4.69, 9.17) is 4.98 Å². The molecule has 9 nitrogen and oxygen atoms in total. The molecule has 250 valence electrons. The Balaban J connectivity index is 1.00. The van der Waals surface area contributed by atoms with Gasteiger partial charge in [-0.05, 0) is 67.3 Å². The van der Waals surface area contributed by atoms with Gasteiger partial charge in [0.25, 0.3) is 5.91 Å². The SMILES string of the molecule is CCc1ccc(-c2cc(C(=O)N3CCN(C4CCN(C(=O)C5CCN(C(C)=O)CC5)CC4)CC3)cc(-c3ccc4cc[nH]c4c3)n2)cc1. The summed E-state index contributed by atoms with van der Waals surface area (Å²) in [6.45, 7) is 9.71. The first kappa shape index (κ1) is 32.1. The van der Waals surface area contributed by atoms with Crippen molar-refractivity contribution < 1.29 is 14.4 Å². The van der Waals surface area contributed by atoms with E-state index < -0.39 is 0 Å². The van der Waals surface area contributed by atoms with Crippen molar-refractivity contribution in [1.82, 2.24) is 29.6 Å². The average Bonchev–Trinajstić information content (AvgIpc) is 3.62. The number of likely N-dealkylation sites (tertiary alicyclic amines) is 2. The lowest BCUT2D eigenvalue weighted by atomic mass is 9.93. The van der Waals surface area contributed by atoms with Crippen LogP contribution in [0.2, 0.25) is 0 Å². The van der Waals surface area contributed by atoms with Gasteiger partial charge in [0.1, 0.15) is 0 Å². The van der Waals surface area contributed by atoms with E-state index in [2.05, 4.69) is 65.3 Å². The van der Waals surface area contributed by atoms with Gasteiger partial charge in [0.15, 0.2) is 0 Å². The second kappa shape index (κ2) is 13.9. The number of aryl methyl sites for hydroxylation is 1. The summed E-state index contributed by atoms with van der Waals surface area (Å²) in [6.07, 6.45) is 6.37. The lowest BCUT2D eigenvalue weighted by Gasteiger charge is -2.43. The molecule has 3 aliphatic heterocycles. The number of benzene rings is 2. The van der Waals surface area contributed by atoms with Crippen LogP contribution >= 0.6 is 0 Å². The maximum Gasteiger partial charge on any atom is 0.254 e. The molecule has 3 aliphatic rings. The number of piperidine rings is 2. The number of amides is 3. The highest BCUT2D eigenvalue weighted by Gasteiger charge is 2.34. The largest absolute Gasteiger partial charge is 0.361 e. The zero-order chi connectivity index (χ0) is 33.2. The summed E-state index contributed by atoms with van der Waals surface area (Å²) in [7, 11) is 0. The summed E-state index contributed by atoms with van der Waals surface area (Å²) in [4.78, 5) is 55.7. The summed E-state index contributed by atoms with van der Waals surface area (Å²) in [6, 6.07) is 21.1. The number of aromatic nitrogens is 2. The zero-order valence-electron chi connectivity index (χ0n) is 28.2. The van der Waals surface area contributed by atoms with Gasteiger partial charge in [0.2, 0.25) is 11.8 Å². The van der Waals surface area contributed by atoms with Crippen molar-refractivity contribution >= 4 is 28.6 Å². The number of hydrogen-bond acceptors (Lipinski definition) is 5. The van der Waals surface area contributed by atoms with Gasteiger partial charge < -0.3 is 19.7 Å². The Hall–Kier alpha value is -4.50. The Bertz CT molecular complexity index is 1780. The molecule has 1 N–H and O–H groups in total. The Morgan fingerprint density at radius 3 is 2.04 bits per heavy atom. The second-order valence-electron chi connectivity index (χ2n) is 13.6. The van der Waals surface area contributed by atoms with Crippen molar-refractivity contribution in [2.24, 2.45) is 5.92 Å². The van der Waals surface area contributed by atoms with Gasteiger partial charge in [-0.2, -0.15) is 0 Å². The smallest absolute Gasteiger partial charge is 0.254 e. The molecule has 0 bridgehead atoms. The van der Waals surface area contributed by atoms with Crippen LogP contribution in [0, 0.1) is 5.92 Å². The second-order valence-corrected chi connectivity index (χ2v) is 13.6. The van der Waals surface area contributed by atoms with Crippen molar-refractivity contribution in [3.05, 3.63) is 78.0 Å². The molecule has 0 saturated carbocycles. The van der Waals surface area contributed by atoms with Gasteiger partial charge in [-0.1, -0.05) is 43.3 Å². The number of carbonyl (C=O) groups excluding carboxylic acids is 3. The molecule has 3 saturated heterocycles. The monoisotopic (exact) mass is 646 g/mol. The Kier molecular flexibility index (Phi) is 9.30. The molecular weight excluding hydrogens is 600 g/mol. The molecule has 3 amide bonds. The molecule has 3 fully saturated rings. The van der Waals surface area contributed by atoms with Gasteiger partial charge in [0, 0.05) is 99.6 Å². The molecule has 48 heavy (non-hydrogen) atoms. The molecule has 0 spiro atoms. The molecule has 2 aromatic heterocycles. The summed E-state index contributed by atoms with van der Waals surface area (Å²) >= 11 is 0. The summed E-state index contributed by atoms with van der Waals surface area (Å²) in [5.41, 5.74) is 6.54. The van der Waals surface area contributed by atoms with Gasteiger partial charge in [0.05, 0.1) is 11.4 Å². The third-order valence-corrected chi connectivity index (χ3v) is 10.8. The predicted octanol–water partition coefficient (Wildman–Crippen LogP) is 5.47. The van der Waals surface area contributed by atoms with E-state index in [-0.39, 0.29) is 23.6 Å². The molecule has 4 aromatic rings. The molecule has 9 heteroatoms. The molecule has 0 atom stereocenters. The van der Waals surface area contributed by atoms with E-state index >= 15 is 0 Å². The minimum atomic E-state index is 0.0352. The first-order valence-corrected chi connectivity index (χ1v) is 17.6. The average molecular weight is 647 g/mol. The number of pyridine rings is 1. The molecule has 5 heterocycles. The normalized spacial score (nSPS) is 18.4. The van der Waals surface area contributed by atoms with Gasteiger partial charge in [-0.3, -0.25) is 19.3 Å². The first-order valence-electron chi connectivity index (χ1n) is 17.6. The Labute approximate surface area is 282 Å². The topological polar surface area (TPSA) is 92.9 Å². The fraction of sp³-hybridized carbons (Fsp3) is 0.436. The standard InChI is InChI=1S/C39H46N6O3/c1-3-28-4-6-29(7-5-28)36-25-33(26-37(41-36)32-9-8-30-10-15-40-35(30)24-32)39(48)45-22-20-43(21-23-45)34-13-18-44(19-14-34)38(47)31-11-16-42(17-12-31)27(2)46/h4-10,15,24-26,31,34,40H,3,11-14,16-23H2,1-2H3. The molecule has 0 unspecified atom stereocenters. The number of nitrogens with zero attached hydrogens (tertiary/aromatic N) is 5. The van der Waals surface area contributed by atoms with Crippen LogP contribution in [0.15, 0.2) is 66.9 Å². The van der Waals surface area contributed by atoms with Crippen LogP contribution in [0.1, 0.15) is 55.5 Å². The Morgan fingerprint density at radius 2 is 1.38 bits per heavy atom. The highest BCUT2D eigenvalue weighted by molar-refractivity contribution is 5.97. The predicted molar refractivity (Wildman–Crippen MR) is 188 cm³/mol.